The fourth-order valence-electron chi connectivity index (χ4n) is 1.32. The number of hydroxylamine groups is 1. The Morgan fingerprint density at radius 1 is 0.833 bits per heavy atom. The Bertz CT molecular complexity index is 66.2. The third kappa shape index (κ3) is 9.92. The van der Waals surface area contributed by atoms with Crippen molar-refractivity contribution in [2.24, 2.45) is 0 Å². The third-order valence-corrected chi connectivity index (χ3v) is 2.11. The van der Waals surface area contributed by atoms with E-state index < -0.39 is 0 Å². The maximum Gasteiger partial charge on any atom is 0.0424 e. The van der Waals surface area contributed by atoms with Crippen LogP contribution in [0.4, 0.5) is 0 Å². The van der Waals surface area contributed by atoms with E-state index >= 15 is 0 Å². The van der Waals surface area contributed by atoms with Crippen LogP contribution in [0.25, 0.3) is 0 Å². The van der Waals surface area contributed by atoms with E-state index in [-0.39, 0.29) is 0 Å². The van der Waals surface area contributed by atoms with Crippen LogP contribution in [0.2, 0.25) is 0 Å². The van der Waals surface area contributed by atoms with Crippen LogP contribution in [-0.4, -0.2) is 11.8 Å². The highest BCUT2D eigenvalue weighted by Crippen LogP contribution is 2.07. The molecule has 0 aromatic heterocycles. The summed E-state index contributed by atoms with van der Waals surface area (Å²) in [6.07, 6.45) is 10.4. The Morgan fingerprint density at radius 3 is 1.83 bits per heavy atom. The van der Waals surface area contributed by atoms with Gasteiger partial charge in [-0.1, -0.05) is 51.9 Å². The molecule has 0 amide bonds. The Hall–Kier alpha value is -0.0800. The van der Waals surface area contributed by atoms with Crippen LogP contribution in [0.5, 0.6) is 0 Å². The molecule has 0 fully saturated rings. The minimum Gasteiger partial charge on any atom is -0.297 e. The summed E-state index contributed by atoms with van der Waals surface area (Å²) in [5, 5.41) is 8.16. The van der Waals surface area contributed by atoms with Crippen molar-refractivity contribution in [1.82, 2.24) is 5.48 Å². The van der Waals surface area contributed by atoms with Crippen molar-refractivity contribution in [2.75, 3.05) is 6.54 Å². The van der Waals surface area contributed by atoms with Crippen molar-refractivity contribution in [2.45, 2.75) is 58.3 Å². The average Bonchev–Trinajstić information content (AvgIpc) is 2.10. The van der Waals surface area contributed by atoms with Gasteiger partial charge in [-0.25, -0.2) is 0 Å². The predicted molar refractivity (Wildman–Crippen MR) is 51.4 cm³/mol. The molecule has 0 aliphatic heterocycles. The van der Waals surface area contributed by atoms with Crippen LogP contribution in [0, 0.1) is 0 Å². The topological polar surface area (TPSA) is 34.3 Å². The summed E-state index contributed by atoms with van der Waals surface area (Å²) in [6.45, 7) is 2.86. The van der Waals surface area contributed by atoms with Gasteiger partial charge in [-0.15, -0.1) is 5.48 Å². The maximum atomic E-state index is 8.16. The van der Waals surface area contributed by atoms with Gasteiger partial charge < -0.3 is 0 Å². The van der Waals surface area contributed by atoms with Gasteiger partial charge in [0.1, 0.15) is 0 Å². The number of unbranched alkanes of at least 4 members (excludes halogenated alkanes) is 7. The zero-order chi connectivity index (χ0) is 9.07. The first kappa shape index (κ1) is 11.9. The lowest BCUT2D eigenvalue weighted by atomic mass is 10.1. The molecular formula is C10H22NO. The largest absolute Gasteiger partial charge is 0.297 e. The average molecular weight is 172 g/mol. The zero-order valence-electron chi connectivity index (χ0n) is 8.26. The first-order valence-corrected chi connectivity index (χ1v) is 5.22. The van der Waals surface area contributed by atoms with Gasteiger partial charge in [-0.05, 0) is 6.42 Å². The Balaban J connectivity index is 2.73. The summed E-state index contributed by atoms with van der Waals surface area (Å²) in [7, 11) is 0. The van der Waals surface area contributed by atoms with E-state index in [1.165, 1.54) is 44.9 Å². The molecule has 0 aliphatic carbocycles. The first-order chi connectivity index (χ1) is 5.91. The van der Waals surface area contributed by atoms with Crippen LogP contribution < -0.4 is 5.48 Å². The summed E-state index contributed by atoms with van der Waals surface area (Å²) in [6, 6.07) is 0. The standard InChI is InChI=1S/C10H22NO/c1-2-3-4-5-6-7-8-9-10-11-12/h12H,2-10H2,1H3. The van der Waals surface area contributed by atoms with E-state index in [1.807, 2.05) is 0 Å². The summed E-state index contributed by atoms with van der Waals surface area (Å²) >= 11 is 0. The molecular weight excluding hydrogens is 150 g/mol. The summed E-state index contributed by atoms with van der Waals surface area (Å²) in [5.74, 6) is 0. The molecule has 0 aliphatic rings. The lowest BCUT2D eigenvalue weighted by Crippen LogP contribution is -1.99. The SMILES string of the molecule is CCCCCCCCCC[N]O. The Morgan fingerprint density at radius 2 is 1.33 bits per heavy atom. The molecule has 0 saturated heterocycles. The zero-order valence-corrected chi connectivity index (χ0v) is 8.26. The number of hydrogen-bond donors (Lipinski definition) is 1. The molecule has 0 unspecified atom stereocenters. The van der Waals surface area contributed by atoms with Crippen LogP contribution in [0.3, 0.4) is 0 Å². The second kappa shape index (κ2) is 10.9. The van der Waals surface area contributed by atoms with Crippen molar-refractivity contribution in [3.63, 3.8) is 0 Å². The highest BCUT2D eigenvalue weighted by molar-refractivity contribution is 4.45. The van der Waals surface area contributed by atoms with E-state index in [4.69, 9.17) is 5.21 Å². The number of nitrogens with zero attached hydrogens (tertiary/aromatic N) is 1. The minimum absolute atomic E-state index is 0.620. The fourth-order valence-corrected chi connectivity index (χ4v) is 1.32. The van der Waals surface area contributed by atoms with Crippen molar-refractivity contribution in [3.8, 4) is 0 Å². The molecule has 0 aromatic carbocycles. The first-order valence-electron chi connectivity index (χ1n) is 5.22. The molecule has 0 rings (SSSR count). The van der Waals surface area contributed by atoms with E-state index in [0.29, 0.717) is 6.54 Å². The van der Waals surface area contributed by atoms with E-state index in [2.05, 4.69) is 12.4 Å². The van der Waals surface area contributed by atoms with Crippen molar-refractivity contribution < 1.29 is 5.21 Å². The van der Waals surface area contributed by atoms with Gasteiger partial charge in [0.05, 0.1) is 0 Å². The molecule has 0 spiro atoms. The molecule has 2 heteroatoms. The van der Waals surface area contributed by atoms with Gasteiger partial charge >= 0.3 is 0 Å². The molecule has 12 heavy (non-hydrogen) atoms. The van der Waals surface area contributed by atoms with E-state index in [9.17, 15) is 0 Å². The minimum atomic E-state index is 0.620. The van der Waals surface area contributed by atoms with Gasteiger partial charge in [0.2, 0.25) is 0 Å². The van der Waals surface area contributed by atoms with E-state index in [0.717, 1.165) is 6.42 Å². The Labute approximate surface area is 76.3 Å². The second-order valence-electron chi connectivity index (χ2n) is 3.34. The summed E-state index contributed by atoms with van der Waals surface area (Å²) in [5.41, 5.74) is 3.08. The van der Waals surface area contributed by atoms with Crippen LogP contribution in [-0.2, 0) is 0 Å². The number of hydrogen-bond acceptors (Lipinski definition) is 1. The molecule has 0 bridgehead atoms. The van der Waals surface area contributed by atoms with Crippen LogP contribution >= 0.6 is 0 Å². The van der Waals surface area contributed by atoms with Gasteiger partial charge in [0, 0.05) is 6.54 Å². The van der Waals surface area contributed by atoms with Gasteiger partial charge in [0.25, 0.3) is 0 Å². The maximum absolute atomic E-state index is 8.16. The molecule has 73 valence electrons. The normalized spacial score (nSPS) is 10.5. The molecule has 1 radical (unpaired) electrons. The molecule has 0 saturated carbocycles. The van der Waals surface area contributed by atoms with Gasteiger partial charge in [-0.3, -0.25) is 5.21 Å². The smallest absolute Gasteiger partial charge is 0.0424 e. The van der Waals surface area contributed by atoms with Gasteiger partial charge in [-0.2, -0.15) is 0 Å². The van der Waals surface area contributed by atoms with Crippen molar-refractivity contribution >= 4 is 0 Å². The van der Waals surface area contributed by atoms with Crippen molar-refractivity contribution in [1.29, 1.82) is 0 Å². The second-order valence-corrected chi connectivity index (χ2v) is 3.34. The predicted octanol–water partition coefficient (Wildman–Crippen LogP) is 3.12. The van der Waals surface area contributed by atoms with Crippen LogP contribution in [0.1, 0.15) is 58.3 Å². The van der Waals surface area contributed by atoms with Gasteiger partial charge in [0.15, 0.2) is 0 Å². The highest BCUT2D eigenvalue weighted by Gasteiger charge is 1.90. The van der Waals surface area contributed by atoms with Crippen molar-refractivity contribution in [3.05, 3.63) is 0 Å². The number of rotatable bonds is 9. The molecule has 1 N–H and O–H groups in total. The lowest BCUT2D eigenvalue weighted by Gasteiger charge is -1.99. The summed E-state index contributed by atoms with van der Waals surface area (Å²) < 4.78 is 0. The Kier molecular flexibility index (Phi) is 10.8. The quantitative estimate of drug-likeness (QED) is 0.421. The lowest BCUT2D eigenvalue weighted by molar-refractivity contribution is 0.154. The molecule has 0 heterocycles. The molecule has 0 aromatic rings. The summed E-state index contributed by atoms with van der Waals surface area (Å²) in [4.78, 5) is 0. The molecule has 2 nitrogen and oxygen atoms in total. The monoisotopic (exact) mass is 172 g/mol. The third-order valence-electron chi connectivity index (χ3n) is 2.11. The molecule has 0 atom stereocenters. The van der Waals surface area contributed by atoms with Crippen LogP contribution in [0.15, 0.2) is 0 Å². The van der Waals surface area contributed by atoms with E-state index in [1.54, 1.807) is 0 Å². The fraction of sp³-hybridized carbons (Fsp3) is 1.00. The highest BCUT2D eigenvalue weighted by atomic mass is 16.5.